The minimum Gasteiger partial charge on any atom is -0.469 e. The number of hydrogen-bond acceptors (Lipinski definition) is 18. The lowest BCUT2D eigenvalue weighted by atomic mass is 9.90. The van der Waals surface area contributed by atoms with Gasteiger partial charge in [-0.2, -0.15) is 34.1 Å². The Hall–Kier alpha value is -7.87. The first kappa shape index (κ1) is 73.6. The number of carbonyl (C=O) groups excluding carboxylic acids is 3. The average molecular weight is 1580 g/mol. The topological polar surface area (TPSA) is 301 Å². The summed E-state index contributed by atoms with van der Waals surface area (Å²) in [5, 5.41) is 44.0. The maximum Gasteiger partial charge on any atom is 0.308 e. The zero-order valence-electron chi connectivity index (χ0n) is 59.2. The second-order valence-electron chi connectivity index (χ2n) is 29.2. The molecule has 11 fully saturated rings. The molecule has 562 valence electrons. The molecule has 5 aromatic heterocycles. The number of piperazine rings is 4. The van der Waals surface area contributed by atoms with E-state index in [-0.39, 0.29) is 47.9 Å². The van der Waals surface area contributed by atoms with Gasteiger partial charge in [-0.1, -0.05) is 58.0 Å². The lowest BCUT2D eigenvalue weighted by Gasteiger charge is -2.52. The highest BCUT2D eigenvalue weighted by Gasteiger charge is 2.47. The van der Waals surface area contributed by atoms with Crippen molar-refractivity contribution >= 4 is 179 Å². The van der Waals surface area contributed by atoms with Gasteiger partial charge in [0.25, 0.3) is 0 Å². The van der Waals surface area contributed by atoms with Gasteiger partial charge in [0, 0.05) is 208 Å². The minimum absolute atomic E-state index is 0.00951. The predicted molar refractivity (Wildman–Crippen MR) is 417 cm³/mol. The van der Waals surface area contributed by atoms with E-state index in [0.717, 1.165) is 186 Å². The van der Waals surface area contributed by atoms with Crippen LogP contribution in [0.1, 0.15) is 78.1 Å². The fraction of sp³-hybridized carbons (Fsp3) is 0.472. The van der Waals surface area contributed by atoms with Gasteiger partial charge in [-0.15, -0.1) is 0 Å². The van der Waals surface area contributed by atoms with E-state index >= 15 is 0 Å². The first-order valence-electron chi connectivity index (χ1n) is 35.8. The molecule has 0 radical (unpaired) electrons. The third-order valence-electron chi connectivity index (χ3n) is 22.7. The van der Waals surface area contributed by atoms with E-state index in [9.17, 15) is 31.2 Å². The quantitative estimate of drug-likeness (QED) is 0.0883. The maximum atomic E-state index is 12.0. The van der Waals surface area contributed by atoms with Crippen molar-refractivity contribution in [2.75, 3.05) is 110 Å². The number of esters is 1. The second kappa shape index (κ2) is 29.9. The molecule has 21 rings (SSSR count). The van der Waals surface area contributed by atoms with Crippen molar-refractivity contribution in [3.05, 3.63) is 117 Å². The van der Waals surface area contributed by atoms with Crippen molar-refractivity contribution in [3.63, 3.8) is 0 Å². The Bertz CT molecular complexity index is 5170. The number of ether oxygens (including phenoxy) is 1. The van der Waals surface area contributed by atoms with Gasteiger partial charge >= 0.3 is 5.97 Å². The molecule has 106 heavy (non-hydrogen) atoms. The number of hydrogen-bond donors (Lipinski definition) is 5. The summed E-state index contributed by atoms with van der Waals surface area (Å²) < 4.78 is 56.0. The molecular formula is C72H84Cl5N19O8S2. The largest absolute Gasteiger partial charge is 0.469 e. The van der Waals surface area contributed by atoms with E-state index in [1.54, 1.807) is 34.9 Å². The number of anilines is 5. The smallest absolute Gasteiger partial charge is 0.308 e. The molecule has 5 aromatic carbocycles. The van der Waals surface area contributed by atoms with E-state index in [4.69, 9.17) is 62.7 Å². The second-order valence-corrected chi connectivity index (χ2v) is 35.2. The number of amides is 2. The molecular weight excluding hydrogens is 1500 g/mol. The van der Waals surface area contributed by atoms with Crippen LogP contribution in [-0.4, -0.2) is 237 Å². The molecule has 11 aliphatic rings. The van der Waals surface area contributed by atoms with E-state index in [2.05, 4.69) is 80.4 Å². The molecule has 8 bridgehead atoms. The van der Waals surface area contributed by atoms with Gasteiger partial charge in [0.05, 0.1) is 84.1 Å². The molecule has 0 spiro atoms. The molecule has 0 saturated carbocycles. The van der Waals surface area contributed by atoms with Crippen LogP contribution in [0.15, 0.2) is 91.6 Å². The van der Waals surface area contributed by atoms with Gasteiger partial charge in [0.1, 0.15) is 0 Å². The highest BCUT2D eigenvalue weighted by molar-refractivity contribution is 7.88. The molecule has 27 nitrogen and oxygen atoms in total. The summed E-state index contributed by atoms with van der Waals surface area (Å²) in [4.78, 5) is 50.7. The van der Waals surface area contributed by atoms with Gasteiger partial charge in [0.15, 0.2) is 0 Å². The van der Waals surface area contributed by atoms with Crippen LogP contribution in [0, 0.1) is 5.92 Å². The average Bonchev–Trinajstić information content (AvgIpc) is 1.24. The lowest BCUT2D eigenvalue weighted by Crippen LogP contribution is -2.63. The maximum absolute atomic E-state index is 12.0. The molecule has 11 saturated heterocycles. The van der Waals surface area contributed by atoms with Crippen molar-refractivity contribution in [1.29, 1.82) is 0 Å². The molecule has 5 N–H and O–H groups in total. The van der Waals surface area contributed by atoms with E-state index in [1.165, 1.54) is 19.6 Å². The predicted octanol–water partition coefficient (Wildman–Crippen LogP) is 11.1. The van der Waals surface area contributed by atoms with Gasteiger partial charge in [-0.25, -0.2) is 16.8 Å². The van der Waals surface area contributed by atoms with Crippen molar-refractivity contribution in [1.82, 2.24) is 69.4 Å². The first-order chi connectivity index (χ1) is 50.8. The third-order valence-corrected chi connectivity index (χ3v) is 26.4. The third kappa shape index (κ3) is 14.8. The number of nitrogens with one attached hydrogen (secondary N) is 5. The zero-order valence-corrected chi connectivity index (χ0v) is 64.6. The summed E-state index contributed by atoms with van der Waals surface area (Å²) in [5.41, 5.74) is 10.0. The number of methoxy groups -OCH3 is 1. The Kier molecular flexibility index (Phi) is 20.8. The number of halogens is 5. The van der Waals surface area contributed by atoms with Crippen LogP contribution < -0.4 is 24.5 Å². The fourth-order valence-corrected chi connectivity index (χ4v) is 21.6. The number of H-pyrrole nitrogens is 5. The van der Waals surface area contributed by atoms with Gasteiger partial charge in [-0.3, -0.25) is 39.9 Å². The minimum atomic E-state index is -3.15. The zero-order chi connectivity index (χ0) is 74.2. The van der Waals surface area contributed by atoms with Crippen LogP contribution in [0.2, 0.25) is 25.1 Å². The Balaban J connectivity index is 0.000000106. The number of aromatic nitrogens is 10. The highest BCUT2D eigenvalue weighted by atomic mass is 35.5. The summed E-state index contributed by atoms with van der Waals surface area (Å²) in [6.45, 7) is 11.1. The molecule has 10 aromatic rings. The number of benzene rings is 5. The first-order valence-corrected chi connectivity index (χ1v) is 41.4. The Morgan fingerprint density at radius 1 is 0.396 bits per heavy atom. The van der Waals surface area contributed by atoms with Crippen LogP contribution in [0.5, 0.6) is 0 Å². The normalized spacial score (nSPS) is 23.8. The van der Waals surface area contributed by atoms with Crippen LogP contribution in [-0.2, 0) is 39.2 Å². The summed E-state index contributed by atoms with van der Waals surface area (Å²) in [7, 11) is -4.84. The highest BCUT2D eigenvalue weighted by Crippen LogP contribution is 2.43. The van der Waals surface area contributed by atoms with Crippen LogP contribution in [0.25, 0.3) is 54.5 Å². The fourth-order valence-electron chi connectivity index (χ4n) is 18.0. The number of carbonyl (C=O) groups is 3. The van der Waals surface area contributed by atoms with Crippen LogP contribution >= 0.6 is 58.0 Å². The number of piperidine rings is 5. The summed E-state index contributed by atoms with van der Waals surface area (Å²) >= 11 is 31.1. The van der Waals surface area contributed by atoms with Gasteiger partial charge < -0.3 is 39.0 Å². The van der Waals surface area contributed by atoms with E-state index in [0.29, 0.717) is 75.5 Å². The lowest BCUT2D eigenvalue weighted by molar-refractivity contribution is -0.146. The van der Waals surface area contributed by atoms with Crippen molar-refractivity contribution < 1.29 is 36.0 Å². The Morgan fingerprint density at radius 2 is 0.736 bits per heavy atom. The summed E-state index contributed by atoms with van der Waals surface area (Å²) in [6.07, 6.45) is 21.5. The van der Waals surface area contributed by atoms with Crippen molar-refractivity contribution in [2.24, 2.45) is 5.92 Å². The molecule has 0 aliphatic carbocycles. The summed E-state index contributed by atoms with van der Waals surface area (Å²) in [5.74, 6) is 0.282. The number of nitrogens with zero attached hydrogens (tertiary/aromatic N) is 14. The van der Waals surface area contributed by atoms with Crippen molar-refractivity contribution in [2.45, 2.75) is 126 Å². The number of fused-ring (bicyclic) bond motifs is 15. The van der Waals surface area contributed by atoms with Gasteiger partial charge in [-0.05, 0) is 125 Å². The molecule has 11 aliphatic heterocycles. The van der Waals surface area contributed by atoms with Crippen LogP contribution in [0.3, 0.4) is 0 Å². The van der Waals surface area contributed by atoms with Crippen molar-refractivity contribution in [3.8, 4) is 0 Å². The molecule has 2 amide bonds. The standard InChI is InChI=1S/2C15H17ClN4O.2C14H17ClN4O2S.C14H16ClN3O2/c1-9(21)19-7-12-3-2-11(19)8-20(12)15-5-10(16)4-14-13(15)6-17-18-14;1-9(21)20-11-2-3-12(20)8-19(7-11)15-5-10(16)4-14-13(15)6-17-18-14;1-22(20,21)19-8-10-2-3-11(19)7-18(10)14-5-9(15)4-13-12(14)6-16-17-13;1-22(20,21)19-10-2-3-11(19)8-18(7-10)14-5-9(15)4-13-12(14)6-16-17-13;1-20-14(19)9-2-4-18(5-3-9)13-7-10(15)6-12-11(13)8-16-17-12/h2*4-6,11-12H,2-3,7-8H2,1H3,(H,17,18);2*4-6,10-11H,2-3,7-8H2,1H3,(H,16,17);6-9H,2-5H2,1H3,(H,16,17). The molecule has 34 heteroatoms. The van der Waals surface area contributed by atoms with Gasteiger partial charge in [0.2, 0.25) is 31.9 Å². The Labute approximate surface area is 638 Å². The Morgan fingerprint density at radius 3 is 1.08 bits per heavy atom. The van der Waals surface area contributed by atoms with E-state index < -0.39 is 20.0 Å². The van der Waals surface area contributed by atoms with E-state index in [1.807, 2.05) is 84.2 Å². The molecule has 8 unspecified atom stereocenters. The number of rotatable bonds is 8. The monoisotopic (exact) mass is 1580 g/mol. The van der Waals surface area contributed by atoms with Crippen LogP contribution in [0.4, 0.5) is 28.4 Å². The number of sulfonamides is 2. The molecule has 8 atom stereocenters. The summed E-state index contributed by atoms with van der Waals surface area (Å²) in [6, 6.07) is 20.9. The SMILES string of the molecule is CC(=O)N1C2CCC1CN(c1cc(Cl)cc3[nH]ncc13)C2.CC(=O)N1CC2CCC1CN2c1cc(Cl)cc2[nH]ncc12.COC(=O)C1CCN(c2cc(Cl)cc3[nH]ncc23)CC1.CS(=O)(=O)N1C2CCC1CN(c1cc(Cl)cc3[nH]ncc13)C2.CS(=O)(=O)N1CC2CCC1CN2c1cc(Cl)cc2[nH]ncc12. The molecule has 16 heterocycles. The number of aromatic amines is 5.